The molecule has 1 aromatic rings. The summed E-state index contributed by atoms with van der Waals surface area (Å²) in [6.45, 7) is 12.2. The minimum Gasteiger partial charge on any atom is -0.382 e. The summed E-state index contributed by atoms with van der Waals surface area (Å²) in [6, 6.07) is 4.24. The van der Waals surface area contributed by atoms with Gasteiger partial charge in [0.25, 0.3) is 0 Å². The minimum atomic E-state index is 0.622. The van der Waals surface area contributed by atoms with Crippen LogP contribution in [0.4, 0.5) is 5.82 Å². The Balaban J connectivity index is 1.82. The molecule has 26 heavy (non-hydrogen) atoms. The van der Waals surface area contributed by atoms with E-state index < -0.39 is 0 Å². The molecule has 0 aromatic carbocycles. The molecule has 7 heteroatoms. The van der Waals surface area contributed by atoms with Gasteiger partial charge in [-0.05, 0) is 38.9 Å². The molecule has 0 bridgehead atoms. The fourth-order valence-corrected chi connectivity index (χ4v) is 2.77. The summed E-state index contributed by atoms with van der Waals surface area (Å²) in [5.41, 5.74) is 1.12. The summed E-state index contributed by atoms with van der Waals surface area (Å²) in [4.78, 5) is 14.0. The van der Waals surface area contributed by atoms with E-state index in [0.29, 0.717) is 6.54 Å². The quantitative estimate of drug-likeness (QED) is 0.392. The van der Waals surface area contributed by atoms with Gasteiger partial charge in [-0.25, -0.2) is 9.98 Å². The number of anilines is 1. The molecule has 7 nitrogen and oxygen atoms in total. The van der Waals surface area contributed by atoms with Gasteiger partial charge in [-0.15, -0.1) is 0 Å². The van der Waals surface area contributed by atoms with Crippen molar-refractivity contribution in [3.8, 4) is 0 Å². The molecule has 0 saturated carbocycles. The highest BCUT2D eigenvalue weighted by Crippen LogP contribution is 2.13. The number of guanidine groups is 1. The molecule has 146 valence electrons. The molecule has 0 radical (unpaired) electrons. The number of hydrogen-bond donors (Lipinski definition) is 2. The van der Waals surface area contributed by atoms with Gasteiger partial charge in [0.05, 0.1) is 6.54 Å². The minimum absolute atomic E-state index is 0.622. The molecule has 0 unspecified atom stereocenters. The van der Waals surface area contributed by atoms with E-state index in [4.69, 9.17) is 4.74 Å². The molecule has 1 fully saturated rings. The fourth-order valence-electron chi connectivity index (χ4n) is 2.77. The summed E-state index contributed by atoms with van der Waals surface area (Å²) in [5, 5.41) is 6.62. The summed E-state index contributed by atoms with van der Waals surface area (Å²) >= 11 is 0. The van der Waals surface area contributed by atoms with Gasteiger partial charge in [0, 0.05) is 58.7 Å². The Bertz CT molecular complexity index is 525. The second-order valence-electron chi connectivity index (χ2n) is 6.49. The largest absolute Gasteiger partial charge is 0.382 e. The average Bonchev–Trinajstić information content (AvgIpc) is 2.67. The lowest BCUT2D eigenvalue weighted by molar-refractivity contribution is 0.145. The summed E-state index contributed by atoms with van der Waals surface area (Å²) < 4.78 is 5.36. The lowest BCUT2D eigenvalue weighted by atomic mass is 10.2. The number of ether oxygens (including phenoxy) is 1. The number of piperazine rings is 1. The molecular weight excluding hydrogens is 328 g/mol. The van der Waals surface area contributed by atoms with Crippen LogP contribution in [0, 0.1) is 0 Å². The van der Waals surface area contributed by atoms with Crippen molar-refractivity contribution in [2.45, 2.75) is 26.8 Å². The van der Waals surface area contributed by atoms with Crippen molar-refractivity contribution in [3.63, 3.8) is 0 Å². The van der Waals surface area contributed by atoms with Gasteiger partial charge in [-0.2, -0.15) is 0 Å². The molecule has 1 aliphatic heterocycles. The Morgan fingerprint density at radius 1 is 1.19 bits per heavy atom. The molecule has 0 atom stereocenters. The maximum absolute atomic E-state index is 5.36. The number of aliphatic imine (C=N–C) groups is 1. The van der Waals surface area contributed by atoms with Crippen LogP contribution in [0.1, 0.15) is 25.8 Å². The van der Waals surface area contributed by atoms with Crippen LogP contribution in [0.3, 0.4) is 0 Å². The highest BCUT2D eigenvalue weighted by molar-refractivity contribution is 5.79. The highest BCUT2D eigenvalue weighted by Gasteiger charge is 2.14. The van der Waals surface area contributed by atoms with Crippen LogP contribution in [0.15, 0.2) is 23.3 Å². The molecule has 2 N–H and O–H groups in total. The van der Waals surface area contributed by atoms with E-state index in [2.05, 4.69) is 56.5 Å². The number of nitrogens with one attached hydrogen (secondary N) is 2. The Morgan fingerprint density at radius 2 is 2.00 bits per heavy atom. The SMILES string of the molecule is CCNC(=NCc1ccc(N2CCN(C)CC2)nc1)NCCCOCC. The van der Waals surface area contributed by atoms with Crippen molar-refractivity contribution in [3.05, 3.63) is 23.9 Å². The number of pyridine rings is 1. The van der Waals surface area contributed by atoms with Crippen LogP contribution in [-0.2, 0) is 11.3 Å². The normalized spacial score (nSPS) is 16.0. The first-order valence-corrected chi connectivity index (χ1v) is 9.71. The first-order chi connectivity index (χ1) is 12.7. The third kappa shape index (κ3) is 7.17. The van der Waals surface area contributed by atoms with Crippen molar-refractivity contribution in [2.75, 3.05) is 64.4 Å². The number of nitrogens with zero attached hydrogens (tertiary/aromatic N) is 4. The smallest absolute Gasteiger partial charge is 0.191 e. The van der Waals surface area contributed by atoms with Gasteiger partial charge < -0.3 is 25.2 Å². The van der Waals surface area contributed by atoms with Crippen LogP contribution in [-0.4, -0.2) is 75.4 Å². The van der Waals surface area contributed by atoms with Gasteiger partial charge in [0.1, 0.15) is 5.82 Å². The van der Waals surface area contributed by atoms with Gasteiger partial charge in [-0.3, -0.25) is 0 Å². The van der Waals surface area contributed by atoms with Crippen LogP contribution in [0.25, 0.3) is 0 Å². The second-order valence-corrected chi connectivity index (χ2v) is 6.49. The predicted octanol–water partition coefficient (Wildman–Crippen LogP) is 1.32. The highest BCUT2D eigenvalue weighted by atomic mass is 16.5. The molecule has 2 heterocycles. The van der Waals surface area contributed by atoms with E-state index >= 15 is 0 Å². The summed E-state index contributed by atoms with van der Waals surface area (Å²) in [7, 11) is 2.17. The van der Waals surface area contributed by atoms with Crippen molar-refractivity contribution in [1.29, 1.82) is 0 Å². The van der Waals surface area contributed by atoms with Gasteiger partial charge >= 0.3 is 0 Å². The molecule has 0 aliphatic carbocycles. The molecule has 1 saturated heterocycles. The van der Waals surface area contributed by atoms with Crippen LogP contribution >= 0.6 is 0 Å². The predicted molar refractivity (Wildman–Crippen MR) is 108 cm³/mol. The zero-order chi connectivity index (χ0) is 18.6. The van der Waals surface area contributed by atoms with Crippen LogP contribution < -0.4 is 15.5 Å². The van der Waals surface area contributed by atoms with Crippen molar-refractivity contribution < 1.29 is 4.74 Å². The molecule has 0 spiro atoms. The van der Waals surface area contributed by atoms with Crippen molar-refractivity contribution in [1.82, 2.24) is 20.5 Å². The fraction of sp³-hybridized carbons (Fsp3) is 0.684. The van der Waals surface area contributed by atoms with E-state index in [-0.39, 0.29) is 0 Å². The van der Waals surface area contributed by atoms with Gasteiger partial charge in [-0.1, -0.05) is 6.07 Å². The zero-order valence-corrected chi connectivity index (χ0v) is 16.5. The van der Waals surface area contributed by atoms with E-state index in [9.17, 15) is 0 Å². The Hall–Kier alpha value is -1.86. The molecular formula is C19H34N6O. The molecule has 2 rings (SSSR count). The molecule has 1 aromatic heterocycles. The Kier molecular flexibility index (Phi) is 9.20. The Morgan fingerprint density at radius 3 is 2.65 bits per heavy atom. The standard InChI is InChI=1S/C19H34N6O/c1-4-20-19(21-9-6-14-26-5-2)23-16-17-7-8-18(22-15-17)25-12-10-24(3)11-13-25/h7-8,15H,4-6,9-14,16H2,1-3H3,(H2,20,21,23). The van der Waals surface area contributed by atoms with Gasteiger partial charge in [0.2, 0.25) is 0 Å². The van der Waals surface area contributed by atoms with Crippen LogP contribution in [0.2, 0.25) is 0 Å². The van der Waals surface area contributed by atoms with E-state index in [1.54, 1.807) is 0 Å². The number of hydrogen-bond acceptors (Lipinski definition) is 5. The van der Waals surface area contributed by atoms with E-state index in [1.165, 1.54) is 0 Å². The molecule has 0 amide bonds. The summed E-state index contributed by atoms with van der Waals surface area (Å²) in [5.74, 6) is 1.90. The number of aromatic nitrogens is 1. The van der Waals surface area contributed by atoms with E-state index in [1.807, 2.05) is 13.1 Å². The lowest BCUT2D eigenvalue weighted by Crippen LogP contribution is -2.44. The van der Waals surface area contributed by atoms with Gasteiger partial charge in [0.15, 0.2) is 5.96 Å². The monoisotopic (exact) mass is 362 g/mol. The molecule has 1 aliphatic rings. The Labute approximate surface area is 157 Å². The third-order valence-electron chi connectivity index (χ3n) is 4.36. The lowest BCUT2D eigenvalue weighted by Gasteiger charge is -2.33. The number of rotatable bonds is 9. The van der Waals surface area contributed by atoms with Crippen molar-refractivity contribution >= 4 is 11.8 Å². The first-order valence-electron chi connectivity index (χ1n) is 9.71. The number of likely N-dealkylation sites (N-methyl/N-ethyl adjacent to an activating group) is 1. The van der Waals surface area contributed by atoms with Crippen LogP contribution in [0.5, 0.6) is 0 Å². The summed E-state index contributed by atoms with van der Waals surface area (Å²) in [6.07, 6.45) is 2.91. The first kappa shape index (κ1) is 20.5. The maximum atomic E-state index is 5.36. The van der Waals surface area contributed by atoms with Crippen molar-refractivity contribution in [2.24, 2.45) is 4.99 Å². The average molecular weight is 363 g/mol. The second kappa shape index (κ2) is 11.7. The van der Waals surface area contributed by atoms with E-state index in [0.717, 1.165) is 76.2 Å². The zero-order valence-electron chi connectivity index (χ0n) is 16.5. The third-order valence-corrected chi connectivity index (χ3v) is 4.36. The maximum Gasteiger partial charge on any atom is 0.191 e. The topological polar surface area (TPSA) is 65.0 Å².